The molecule has 0 aliphatic carbocycles. The Balaban J connectivity index is 2.95. The summed E-state index contributed by atoms with van der Waals surface area (Å²) in [5.41, 5.74) is 2.90. The minimum Gasteiger partial charge on any atom is -0.465 e. The molecule has 0 atom stereocenters. The van der Waals surface area contributed by atoms with Crippen molar-refractivity contribution in [2.45, 2.75) is 13.8 Å². The molecular formula is C12H14O2. The number of ether oxygens (including phenoxy) is 1. The standard InChI is InChI=1S/C12H14O2/c1-4-9(2)10-5-7-11(8-6-10)12(13)14-3/h4-8H,1-3H3/b9-4-. The first-order valence-electron chi connectivity index (χ1n) is 4.50. The third kappa shape index (κ3) is 2.22. The summed E-state index contributed by atoms with van der Waals surface area (Å²) in [5.74, 6) is -0.297. The Morgan fingerprint density at radius 3 is 2.14 bits per heavy atom. The van der Waals surface area contributed by atoms with Crippen LogP contribution in [0.15, 0.2) is 30.3 Å². The van der Waals surface area contributed by atoms with Crippen LogP contribution in [0.4, 0.5) is 0 Å². The molecule has 0 fully saturated rings. The summed E-state index contributed by atoms with van der Waals surface area (Å²) in [4.78, 5) is 11.1. The van der Waals surface area contributed by atoms with E-state index in [-0.39, 0.29) is 5.97 Å². The summed E-state index contributed by atoms with van der Waals surface area (Å²) < 4.78 is 4.61. The number of esters is 1. The fourth-order valence-corrected chi connectivity index (χ4v) is 1.15. The zero-order valence-electron chi connectivity index (χ0n) is 8.70. The number of hydrogen-bond acceptors (Lipinski definition) is 2. The summed E-state index contributed by atoms with van der Waals surface area (Å²) >= 11 is 0. The first-order chi connectivity index (χ1) is 6.69. The van der Waals surface area contributed by atoms with Crippen molar-refractivity contribution >= 4 is 11.5 Å². The van der Waals surface area contributed by atoms with Gasteiger partial charge in [-0.25, -0.2) is 4.79 Å². The van der Waals surface area contributed by atoms with E-state index in [1.54, 1.807) is 12.1 Å². The summed E-state index contributed by atoms with van der Waals surface area (Å²) in [6, 6.07) is 7.38. The van der Waals surface area contributed by atoms with Gasteiger partial charge in [-0.15, -0.1) is 0 Å². The Morgan fingerprint density at radius 1 is 1.21 bits per heavy atom. The average Bonchev–Trinajstić information content (AvgIpc) is 2.27. The summed E-state index contributed by atoms with van der Waals surface area (Å²) in [7, 11) is 1.38. The smallest absolute Gasteiger partial charge is 0.337 e. The SMILES string of the molecule is C/C=C(/C)c1ccc(C(=O)OC)cc1. The van der Waals surface area contributed by atoms with Crippen LogP contribution in [0.25, 0.3) is 5.57 Å². The van der Waals surface area contributed by atoms with Gasteiger partial charge in [-0.2, -0.15) is 0 Å². The van der Waals surface area contributed by atoms with Crippen molar-refractivity contribution in [3.63, 3.8) is 0 Å². The van der Waals surface area contributed by atoms with Gasteiger partial charge in [-0.1, -0.05) is 18.2 Å². The van der Waals surface area contributed by atoms with Crippen molar-refractivity contribution in [3.8, 4) is 0 Å². The lowest BCUT2D eigenvalue weighted by Gasteiger charge is -2.02. The van der Waals surface area contributed by atoms with E-state index in [1.807, 2.05) is 32.1 Å². The lowest BCUT2D eigenvalue weighted by atomic mass is 10.1. The van der Waals surface area contributed by atoms with E-state index >= 15 is 0 Å². The fourth-order valence-electron chi connectivity index (χ4n) is 1.15. The molecule has 0 spiro atoms. The van der Waals surface area contributed by atoms with Gasteiger partial charge in [0.2, 0.25) is 0 Å². The molecule has 0 amide bonds. The number of rotatable bonds is 2. The first-order valence-corrected chi connectivity index (χ1v) is 4.50. The van der Waals surface area contributed by atoms with Gasteiger partial charge in [-0.05, 0) is 37.1 Å². The zero-order valence-corrected chi connectivity index (χ0v) is 8.70. The summed E-state index contributed by atoms with van der Waals surface area (Å²) in [5, 5.41) is 0. The van der Waals surface area contributed by atoms with Crippen LogP contribution in [0.3, 0.4) is 0 Å². The van der Waals surface area contributed by atoms with Gasteiger partial charge in [0.25, 0.3) is 0 Å². The molecule has 0 bridgehead atoms. The highest BCUT2D eigenvalue weighted by Gasteiger charge is 2.04. The molecule has 1 aromatic rings. The normalized spacial score (nSPS) is 11.2. The quantitative estimate of drug-likeness (QED) is 0.670. The van der Waals surface area contributed by atoms with E-state index < -0.39 is 0 Å². The lowest BCUT2D eigenvalue weighted by Crippen LogP contribution is -2.00. The van der Waals surface area contributed by atoms with Gasteiger partial charge < -0.3 is 4.74 Å². The van der Waals surface area contributed by atoms with Crippen molar-refractivity contribution in [2.24, 2.45) is 0 Å². The largest absolute Gasteiger partial charge is 0.465 e. The molecule has 14 heavy (non-hydrogen) atoms. The molecule has 1 rings (SSSR count). The van der Waals surface area contributed by atoms with Crippen molar-refractivity contribution in [2.75, 3.05) is 7.11 Å². The minimum atomic E-state index is -0.297. The molecule has 0 saturated heterocycles. The molecule has 2 heteroatoms. The van der Waals surface area contributed by atoms with Gasteiger partial charge in [-0.3, -0.25) is 0 Å². The topological polar surface area (TPSA) is 26.3 Å². The molecule has 0 N–H and O–H groups in total. The maximum absolute atomic E-state index is 11.1. The number of carbonyl (C=O) groups excluding carboxylic acids is 1. The van der Waals surface area contributed by atoms with E-state index in [0.29, 0.717) is 5.56 Å². The predicted octanol–water partition coefficient (Wildman–Crippen LogP) is 2.90. The Kier molecular flexibility index (Phi) is 3.46. The van der Waals surface area contributed by atoms with Crippen LogP contribution in [0.1, 0.15) is 29.8 Å². The molecule has 0 aromatic heterocycles. The molecule has 0 aliphatic heterocycles. The van der Waals surface area contributed by atoms with Gasteiger partial charge in [0.1, 0.15) is 0 Å². The predicted molar refractivity (Wildman–Crippen MR) is 57.1 cm³/mol. The molecule has 1 aromatic carbocycles. The third-order valence-corrected chi connectivity index (χ3v) is 2.19. The number of hydrogen-bond donors (Lipinski definition) is 0. The van der Waals surface area contributed by atoms with Crippen LogP contribution in [-0.4, -0.2) is 13.1 Å². The van der Waals surface area contributed by atoms with Crippen LogP contribution in [0.5, 0.6) is 0 Å². The highest BCUT2D eigenvalue weighted by atomic mass is 16.5. The highest BCUT2D eigenvalue weighted by molar-refractivity contribution is 5.89. The van der Waals surface area contributed by atoms with Crippen molar-refractivity contribution in [3.05, 3.63) is 41.5 Å². The molecule has 0 radical (unpaired) electrons. The van der Waals surface area contributed by atoms with E-state index in [4.69, 9.17) is 0 Å². The van der Waals surface area contributed by atoms with Crippen molar-refractivity contribution in [1.82, 2.24) is 0 Å². The van der Waals surface area contributed by atoms with Gasteiger partial charge in [0.15, 0.2) is 0 Å². The second-order valence-electron chi connectivity index (χ2n) is 3.04. The molecule has 2 nitrogen and oxygen atoms in total. The van der Waals surface area contributed by atoms with Gasteiger partial charge >= 0.3 is 5.97 Å². The lowest BCUT2D eigenvalue weighted by molar-refractivity contribution is 0.0601. The van der Waals surface area contributed by atoms with Crippen molar-refractivity contribution in [1.29, 1.82) is 0 Å². The number of benzene rings is 1. The van der Waals surface area contributed by atoms with Crippen LogP contribution in [0, 0.1) is 0 Å². The molecule has 0 saturated carbocycles. The Hall–Kier alpha value is -1.57. The number of allylic oxidation sites excluding steroid dienone is 2. The Morgan fingerprint density at radius 2 is 1.71 bits per heavy atom. The van der Waals surface area contributed by atoms with Gasteiger partial charge in [0, 0.05) is 0 Å². The van der Waals surface area contributed by atoms with Crippen LogP contribution in [0.2, 0.25) is 0 Å². The number of methoxy groups -OCH3 is 1. The monoisotopic (exact) mass is 190 g/mol. The van der Waals surface area contributed by atoms with E-state index in [0.717, 1.165) is 5.56 Å². The second-order valence-corrected chi connectivity index (χ2v) is 3.04. The van der Waals surface area contributed by atoms with Crippen LogP contribution in [-0.2, 0) is 4.74 Å². The molecule has 74 valence electrons. The maximum Gasteiger partial charge on any atom is 0.337 e. The average molecular weight is 190 g/mol. The second kappa shape index (κ2) is 4.61. The summed E-state index contributed by atoms with van der Waals surface area (Å²) in [6.45, 7) is 4.02. The van der Waals surface area contributed by atoms with E-state index in [1.165, 1.54) is 12.7 Å². The van der Waals surface area contributed by atoms with Crippen molar-refractivity contribution < 1.29 is 9.53 Å². The van der Waals surface area contributed by atoms with Gasteiger partial charge in [0.05, 0.1) is 12.7 Å². The zero-order chi connectivity index (χ0) is 10.6. The fraction of sp³-hybridized carbons (Fsp3) is 0.250. The van der Waals surface area contributed by atoms with E-state index in [2.05, 4.69) is 4.74 Å². The Bertz CT molecular complexity index is 347. The molecule has 0 heterocycles. The molecular weight excluding hydrogens is 176 g/mol. The van der Waals surface area contributed by atoms with E-state index in [9.17, 15) is 4.79 Å². The maximum atomic E-state index is 11.1. The van der Waals surface area contributed by atoms with Crippen LogP contribution < -0.4 is 0 Å². The van der Waals surface area contributed by atoms with Crippen LogP contribution >= 0.6 is 0 Å². The molecule has 0 aliphatic rings. The highest BCUT2D eigenvalue weighted by Crippen LogP contribution is 2.14. The third-order valence-electron chi connectivity index (χ3n) is 2.19. The summed E-state index contributed by atoms with van der Waals surface area (Å²) in [6.07, 6.45) is 2.03. The number of carbonyl (C=O) groups is 1. The minimum absolute atomic E-state index is 0.297. The Labute approximate surface area is 84.2 Å². The first kappa shape index (κ1) is 10.5. The molecule has 0 unspecified atom stereocenters.